The van der Waals surface area contributed by atoms with E-state index in [2.05, 4.69) is 46.3 Å². The molecule has 4 rings (SSSR count). The summed E-state index contributed by atoms with van der Waals surface area (Å²) in [5.74, 6) is 0.707. The van der Waals surface area contributed by atoms with Gasteiger partial charge in [-0.15, -0.1) is 0 Å². The lowest BCUT2D eigenvalue weighted by molar-refractivity contribution is -0.115. The van der Waals surface area contributed by atoms with Crippen molar-refractivity contribution in [2.24, 2.45) is 0 Å². The number of carbonyl (C=O) groups excluding carboxylic acids is 1. The number of aliphatic hydroxyl groups is 1. The summed E-state index contributed by atoms with van der Waals surface area (Å²) in [6.07, 6.45) is 2.15. The van der Waals surface area contributed by atoms with Gasteiger partial charge in [-0.25, -0.2) is 0 Å². The van der Waals surface area contributed by atoms with E-state index >= 15 is 0 Å². The molecular formula is C24H31N3O3. The van der Waals surface area contributed by atoms with Crippen LogP contribution in [0.2, 0.25) is 0 Å². The number of aliphatic hydroxyl groups excluding tert-OH is 1. The monoisotopic (exact) mass is 409 g/mol. The summed E-state index contributed by atoms with van der Waals surface area (Å²) in [7, 11) is 0. The lowest BCUT2D eigenvalue weighted by Crippen LogP contribution is -2.49. The van der Waals surface area contributed by atoms with Crippen molar-refractivity contribution in [3.63, 3.8) is 0 Å². The summed E-state index contributed by atoms with van der Waals surface area (Å²) in [5, 5.41) is 13.2. The Bertz CT molecular complexity index is 860. The molecule has 1 saturated heterocycles. The minimum absolute atomic E-state index is 0.0122. The van der Waals surface area contributed by atoms with Crippen LogP contribution in [0.3, 0.4) is 0 Å². The van der Waals surface area contributed by atoms with Crippen LogP contribution < -0.4 is 15.0 Å². The summed E-state index contributed by atoms with van der Waals surface area (Å²) in [4.78, 5) is 16.2. The van der Waals surface area contributed by atoms with Crippen molar-refractivity contribution >= 4 is 17.3 Å². The van der Waals surface area contributed by atoms with Gasteiger partial charge in [-0.3, -0.25) is 9.69 Å². The van der Waals surface area contributed by atoms with Gasteiger partial charge in [-0.1, -0.05) is 25.5 Å². The van der Waals surface area contributed by atoms with Crippen LogP contribution in [0.4, 0.5) is 11.4 Å². The molecule has 6 heteroatoms. The first kappa shape index (κ1) is 20.7. The third-order valence-corrected chi connectivity index (χ3v) is 5.83. The number of benzene rings is 2. The van der Waals surface area contributed by atoms with E-state index in [0.717, 1.165) is 43.9 Å². The normalized spacial score (nSPS) is 17.5. The van der Waals surface area contributed by atoms with Crippen LogP contribution in [0.5, 0.6) is 5.75 Å². The highest BCUT2D eigenvalue weighted by Crippen LogP contribution is 2.27. The number of piperazine rings is 1. The van der Waals surface area contributed by atoms with E-state index in [4.69, 9.17) is 4.74 Å². The first-order valence-electron chi connectivity index (χ1n) is 10.9. The third kappa shape index (κ3) is 5.12. The molecule has 0 bridgehead atoms. The van der Waals surface area contributed by atoms with Gasteiger partial charge in [-0.2, -0.15) is 0 Å². The summed E-state index contributed by atoms with van der Waals surface area (Å²) in [6.45, 7) is 6.85. The van der Waals surface area contributed by atoms with Gasteiger partial charge in [0.05, 0.1) is 6.42 Å². The predicted octanol–water partition coefficient (Wildman–Crippen LogP) is 2.70. The first-order chi connectivity index (χ1) is 14.6. The number of aryl methyl sites for hydroxylation is 1. The van der Waals surface area contributed by atoms with Gasteiger partial charge in [0.2, 0.25) is 5.91 Å². The number of fused-ring (bicyclic) bond motifs is 1. The maximum absolute atomic E-state index is 11.5. The molecule has 0 radical (unpaired) electrons. The number of nitrogens with zero attached hydrogens (tertiary/aromatic N) is 2. The Morgan fingerprint density at radius 2 is 1.87 bits per heavy atom. The largest absolute Gasteiger partial charge is 0.491 e. The van der Waals surface area contributed by atoms with Crippen LogP contribution in [-0.2, 0) is 17.6 Å². The number of carbonyl (C=O) groups is 1. The molecule has 1 amide bonds. The quantitative estimate of drug-likeness (QED) is 0.702. The smallest absolute Gasteiger partial charge is 0.228 e. The minimum Gasteiger partial charge on any atom is -0.491 e. The van der Waals surface area contributed by atoms with Crippen LogP contribution in [0, 0.1) is 0 Å². The maximum atomic E-state index is 11.5. The predicted molar refractivity (Wildman–Crippen MR) is 119 cm³/mol. The van der Waals surface area contributed by atoms with E-state index in [9.17, 15) is 9.90 Å². The van der Waals surface area contributed by atoms with E-state index in [0.29, 0.717) is 18.7 Å². The Kier molecular flexibility index (Phi) is 6.55. The van der Waals surface area contributed by atoms with Crippen molar-refractivity contribution in [1.29, 1.82) is 0 Å². The van der Waals surface area contributed by atoms with Crippen molar-refractivity contribution in [1.82, 2.24) is 4.90 Å². The highest BCUT2D eigenvalue weighted by molar-refractivity contribution is 5.99. The second-order valence-electron chi connectivity index (χ2n) is 8.21. The molecule has 6 nitrogen and oxygen atoms in total. The zero-order valence-electron chi connectivity index (χ0n) is 17.6. The standard InChI is InChI=1S/C24H31N3O3/c1-2-3-18-4-6-20(7-5-18)27-12-10-26(11-13-27)16-21(28)17-30-22-8-9-23-19(14-22)15-24(29)25-23/h4-9,14,21,28H,2-3,10-13,15-17H2,1H3,(H,25,29)/t21-/m0/s1. The van der Waals surface area contributed by atoms with Crippen molar-refractivity contribution in [2.75, 3.05) is 49.5 Å². The SMILES string of the molecule is CCCc1ccc(N2CCN(C[C@H](O)COc3ccc4c(c3)CC(=O)N4)CC2)cc1. The number of anilines is 2. The van der Waals surface area contributed by atoms with Gasteiger partial charge >= 0.3 is 0 Å². The molecule has 2 aliphatic heterocycles. The molecule has 0 spiro atoms. The number of ether oxygens (including phenoxy) is 1. The summed E-state index contributed by atoms with van der Waals surface area (Å²) >= 11 is 0. The van der Waals surface area contributed by atoms with E-state index in [1.807, 2.05) is 18.2 Å². The van der Waals surface area contributed by atoms with Gasteiger partial charge in [0, 0.05) is 44.1 Å². The Morgan fingerprint density at radius 3 is 2.60 bits per heavy atom. The number of hydrogen-bond donors (Lipinski definition) is 2. The fourth-order valence-electron chi connectivity index (χ4n) is 4.19. The highest BCUT2D eigenvalue weighted by atomic mass is 16.5. The molecule has 2 aliphatic rings. The van der Waals surface area contributed by atoms with Crippen LogP contribution in [-0.4, -0.2) is 61.3 Å². The Balaban J connectivity index is 1.20. The Hall–Kier alpha value is -2.57. The Morgan fingerprint density at radius 1 is 1.10 bits per heavy atom. The molecule has 1 atom stereocenters. The molecule has 0 aliphatic carbocycles. The van der Waals surface area contributed by atoms with Crippen LogP contribution >= 0.6 is 0 Å². The van der Waals surface area contributed by atoms with E-state index in [1.165, 1.54) is 17.7 Å². The third-order valence-electron chi connectivity index (χ3n) is 5.83. The molecule has 2 aromatic rings. The molecule has 0 aromatic heterocycles. The van der Waals surface area contributed by atoms with Crippen LogP contribution in [0.1, 0.15) is 24.5 Å². The number of amides is 1. The number of nitrogens with one attached hydrogen (secondary N) is 1. The van der Waals surface area contributed by atoms with Crippen LogP contribution in [0.25, 0.3) is 0 Å². The fourth-order valence-corrected chi connectivity index (χ4v) is 4.19. The van der Waals surface area contributed by atoms with Crippen LogP contribution in [0.15, 0.2) is 42.5 Å². The van der Waals surface area contributed by atoms with E-state index in [-0.39, 0.29) is 12.5 Å². The highest BCUT2D eigenvalue weighted by Gasteiger charge is 2.21. The molecule has 2 heterocycles. The first-order valence-corrected chi connectivity index (χ1v) is 10.9. The van der Waals surface area contributed by atoms with Crippen molar-refractivity contribution in [3.8, 4) is 5.75 Å². The van der Waals surface area contributed by atoms with Crippen molar-refractivity contribution in [2.45, 2.75) is 32.3 Å². The van der Waals surface area contributed by atoms with Crippen molar-refractivity contribution in [3.05, 3.63) is 53.6 Å². The summed E-state index contributed by atoms with van der Waals surface area (Å²) in [6, 6.07) is 14.5. The zero-order valence-corrected chi connectivity index (χ0v) is 17.6. The lowest BCUT2D eigenvalue weighted by atomic mass is 10.1. The summed E-state index contributed by atoms with van der Waals surface area (Å²) in [5.41, 5.74) is 4.48. The Labute approximate surface area is 178 Å². The topological polar surface area (TPSA) is 65.0 Å². The van der Waals surface area contributed by atoms with Crippen molar-refractivity contribution < 1.29 is 14.6 Å². The molecule has 0 saturated carbocycles. The number of β-amino-alcohol motifs (C(OH)–C–C–N with tert-alkyl or cyclic N) is 1. The number of hydrogen-bond acceptors (Lipinski definition) is 5. The second kappa shape index (κ2) is 9.49. The minimum atomic E-state index is -0.544. The van der Waals surface area contributed by atoms with Gasteiger partial charge in [0.15, 0.2) is 0 Å². The van der Waals surface area contributed by atoms with Gasteiger partial charge in [0.25, 0.3) is 0 Å². The van der Waals surface area contributed by atoms with Gasteiger partial charge < -0.3 is 20.1 Å². The maximum Gasteiger partial charge on any atom is 0.228 e. The molecule has 30 heavy (non-hydrogen) atoms. The summed E-state index contributed by atoms with van der Waals surface area (Å²) < 4.78 is 5.77. The molecule has 2 aromatic carbocycles. The molecule has 160 valence electrons. The average Bonchev–Trinajstić information content (AvgIpc) is 3.13. The lowest BCUT2D eigenvalue weighted by Gasteiger charge is -2.37. The molecule has 1 fully saturated rings. The molecule has 0 unspecified atom stereocenters. The molecule has 2 N–H and O–H groups in total. The van der Waals surface area contributed by atoms with Gasteiger partial charge in [-0.05, 0) is 47.9 Å². The molecular weight excluding hydrogens is 378 g/mol. The fraction of sp³-hybridized carbons (Fsp3) is 0.458. The van der Waals surface area contributed by atoms with Gasteiger partial charge in [0.1, 0.15) is 18.5 Å². The second-order valence-corrected chi connectivity index (χ2v) is 8.21. The zero-order chi connectivity index (χ0) is 20.9. The van der Waals surface area contributed by atoms with E-state index in [1.54, 1.807) is 0 Å². The number of rotatable bonds is 8. The average molecular weight is 410 g/mol. The van der Waals surface area contributed by atoms with E-state index < -0.39 is 6.10 Å².